The van der Waals surface area contributed by atoms with Crippen LogP contribution in [0.4, 0.5) is 0 Å². The molecule has 1 N–H and O–H groups in total. The molecular formula is C9H9O2. The summed E-state index contributed by atoms with van der Waals surface area (Å²) in [4.78, 5) is 0. The average molecular weight is 149 g/mol. The van der Waals surface area contributed by atoms with Gasteiger partial charge < -0.3 is 5.11 Å². The van der Waals surface area contributed by atoms with Crippen LogP contribution in [0.5, 0.6) is 11.5 Å². The Morgan fingerprint density at radius 3 is 2.82 bits per heavy atom. The Hall–Kier alpha value is -1.44. The Labute approximate surface area is 65.4 Å². The van der Waals surface area contributed by atoms with E-state index in [0.29, 0.717) is 6.42 Å². The van der Waals surface area contributed by atoms with E-state index in [9.17, 15) is 5.11 Å². The van der Waals surface area contributed by atoms with Gasteiger partial charge in [-0.3, -0.25) is 5.11 Å². The maximum absolute atomic E-state index is 10.7. The molecule has 0 atom stereocenters. The number of hydrogen-bond donors (Lipinski definition) is 1. The predicted molar refractivity (Wildman–Crippen MR) is 42.1 cm³/mol. The fourth-order valence-corrected chi connectivity index (χ4v) is 0.857. The fourth-order valence-electron chi connectivity index (χ4n) is 0.857. The Morgan fingerprint density at radius 1 is 1.55 bits per heavy atom. The SMILES string of the molecule is C=CCc1ccc([O])c(O)c1. The molecule has 0 heterocycles. The molecule has 57 valence electrons. The highest BCUT2D eigenvalue weighted by Gasteiger charge is 2.00. The topological polar surface area (TPSA) is 40.1 Å². The molecule has 0 aromatic heterocycles. The van der Waals surface area contributed by atoms with Crippen LogP contribution in [0.25, 0.3) is 0 Å². The van der Waals surface area contributed by atoms with E-state index in [1.165, 1.54) is 12.1 Å². The lowest BCUT2D eigenvalue weighted by Crippen LogP contribution is -1.78. The first-order valence-electron chi connectivity index (χ1n) is 3.34. The molecule has 0 unspecified atom stereocenters. The summed E-state index contributed by atoms with van der Waals surface area (Å²) in [7, 11) is 0. The highest BCUT2D eigenvalue weighted by atomic mass is 16.3. The van der Waals surface area contributed by atoms with Crippen molar-refractivity contribution in [3.05, 3.63) is 36.4 Å². The van der Waals surface area contributed by atoms with Gasteiger partial charge in [0, 0.05) is 0 Å². The van der Waals surface area contributed by atoms with Crippen molar-refractivity contribution >= 4 is 0 Å². The molecule has 1 aromatic rings. The Kier molecular flexibility index (Phi) is 2.16. The highest BCUT2D eigenvalue weighted by molar-refractivity contribution is 5.40. The smallest absolute Gasteiger partial charge is 0.220 e. The van der Waals surface area contributed by atoms with Gasteiger partial charge in [-0.05, 0) is 24.1 Å². The first kappa shape index (κ1) is 7.66. The van der Waals surface area contributed by atoms with Crippen molar-refractivity contribution in [3.63, 3.8) is 0 Å². The third-order valence-corrected chi connectivity index (χ3v) is 1.40. The molecule has 0 aliphatic heterocycles. The van der Waals surface area contributed by atoms with Gasteiger partial charge >= 0.3 is 0 Å². The Bertz CT molecular complexity index is 266. The largest absolute Gasteiger partial charge is 0.504 e. The fraction of sp³-hybridized carbons (Fsp3) is 0.111. The van der Waals surface area contributed by atoms with Crippen molar-refractivity contribution in [2.45, 2.75) is 6.42 Å². The molecule has 0 bridgehead atoms. The van der Waals surface area contributed by atoms with E-state index >= 15 is 0 Å². The van der Waals surface area contributed by atoms with Crippen molar-refractivity contribution < 1.29 is 10.2 Å². The molecule has 0 spiro atoms. The van der Waals surface area contributed by atoms with Crippen LogP contribution < -0.4 is 0 Å². The molecule has 11 heavy (non-hydrogen) atoms. The summed E-state index contributed by atoms with van der Waals surface area (Å²) in [5.74, 6) is -0.526. The summed E-state index contributed by atoms with van der Waals surface area (Å²) < 4.78 is 0. The predicted octanol–water partition coefficient (Wildman–Crippen LogP) is 2.26. The minimum Gasteiger partial charge on any atom is -0.504 e. The summed E-state index contributed by atoms with van der Waals surface area (Å²) in [5, 5.41) is 19.7. The maximum Gasteiger partial charge on any atom is 0.220 e. The van der Waals surface area contributed by atoms with E-state index < -0.39 is 0 Å². The lowest BCUT2D eigenvalue weighted by atomic mass is 10.1. The molecule has 0 fully saturated rings. The Morgan fingerprint density at radius 2 is 2.27 bits per heavy atom. The van der Waals surface area contributed by atoms with Gasteiger partial charge in [-0.25, -0.2) is 0 Å². The van der Waals surface area contributed by atoms with E-state index in [0.717, 1.165) is 5.56 Å². The van der Waals surface area contributed by atoms with E-state index in [1.807, 2.05) is 0 Å². The van der Waals surface area contributed by atoms with Crippen molar-refractivity contribution in [3.8, 4) is 11.5 Å². The summed E-state index contributed by atoms with van der Waals surface area (Å²) >= 11 is 0. The second kappa shape index (κ2) is 3.10. The molecule has 0 saturated carbocycles. The van der Waals surface area contributed by atoms with Gasteiger partial charge in [-0.15, -0.1) is 6.58 Å². The molecule has 2 nitrogen and oxygen atoms in total. The minimum absolute atomic E-state index is 0.190. The molecule has 0 amide bonds. The number of phenolic OH excluding ortho intramolecular Hbond substituents is 1. The van der Waals surface area contributed by atoms with Crippen LogP contribution in [0, 0.1) is 0 Å². The number of hydrogen-bond acceptors (Lipinski definition) is 1. The number of aromatic hydroxyl groups is 1. The minimum atomic E-state index is -0.335. The van der Waals surface area contributed by atoms with Crippen LogP contribution in [-0.4, -0.2) is 5.11 Å². The van der Waals surface area contributed by atoms with Crippen molar-refractivity contribution in [1.82, 2.24) is 0 Å². The van der Waals surface area contributed by atoms with Crippen LogP contribution in [-0.2, 0) is 11.5 Å². The third kappa shape index (κ3) is 1.74. The van der Waals surface area contributed by atoms with Gasteiger partial charge in [0.15, 0.2) is 5.75 Å². The van der Waals surface area contributed by atoms with Crippen LogP contribution >= 0.6 is 0 Å². The van der Waals surface area contributed by atoms with Crippen molar-refractivity contribution in [2.24, 2.45) is 0 Å². The van der Waals surface area contributed by atoms with E-state index in [2.05, 4.69) is 6.58 Å². The summed E-state index contributed by atoms with van der Waals surface area (Å²) in [5.41, 5.74) is 0.900. The summed E-state index contributed by atoms with van der Waals surface area (Å²) in [6.07, 6.45) is 2.40. The van der Waals surface area contributed by atoms with Gasteiger partial charge in [0.25, 0.3) is 0 Å². The maximum atomic E-state index is 10.7. The summed E-state index contributed by atoms with van der Waals surface area (Å²) in [6.45, 7) is 3.55. The number of rotatable bonds is 2. The molecule has 1 radical (unpaired) electrons. The van der Waals surface area contributed by atoms with Gasteiger partial charge in [0.2, 0.25) is 5.75 Å². The van der Waals surface area contributed by atoms with Crippen molar-refractivity contribution in [1.29, 1.82) is 0 Å². The highest BCUT2D eigenvalue weighted by Crippen LogP contribution is 2.25. The first-order chi connectivity index (χ1) is 5.24. The summed E-state index contributed by atoms with van der Waals surface area (Å²) in [6, 6.07) is 4.50. The molecule has 0 saturated heterocycles. The first-order valence-corrected chi connectivity index (χ1v) is 3.34. The molecule has 2 heteroatoms. The second-order valence-corrected chi connectivity index (χ2v) is 2.29. The Balaban J connectivity index is 2.95. The normalized spacial score (nSPS) is 9.45. The van der Waals surface area contributed by atoms with Crippen molar-refractivity contribution in [2.75, 3.05) is 0 Å². The van der Waals surface area contributed by atoms with E-state index in [4.69, 9.17) is 5.11 Å². The lowest BCUT2D eigenvalue weighted by Gasteiger charge is -1.97. The quantitative estimate of drug-likeness (QED) is 0.643. The average Bonchev–Trinajstić information content (AvgIpc) is 1.98. The monoisotopic (exact) mass is 149 g/mol. The van der Waals surface area contributed by atoms with Gasteiger partial charge in [-0.1, -0.05) is 12.1 Å². The number of benzene rings is 1. The van der Waals surface area contributed by atoms with Crippen LogP contribution in [0.3, 0.4) is 0 Å². The number of allylic oxidation sites excluding steroid dienone is 1. The molecule has 1 aromatic carbocycles. The van der Waals surface area contributed by atoms with E-state index in [1.54, 1.807) is 12.1 Å². The van der Waals surface area contributed by atoms with Gasteiger partial charge in [-0.2, -0.15) is 0 Å². The zero-order valence-corrected chi connectivity index (χ0v) is 6.08. The van der Waals surface area contributed by atoms with Gasteiger partial charge in [0.05, 0.1) is 0 Å². The van der Waals surface area contributed by atoms with Gasteiger partial charge in [0.1, 0.15) is 0 Å². The van der Waals surface area contributed by atoms with Crippen LogP contribution in [0.15, 0.2) is 30.9 Å². The lowest BCUT2D eigenvalue weighted by molar-refractivity contribution is 0.324. The molecule has 0 aliphatic rings. The zero-order valence-electron chi connectivity index (χ0n) is 6.08. The van der Waals surface area contributed by atoms with Crippen LogP contribution in [0.2, 0.25) is 0 Å². The zero-order chi connectivity index (χ0) is 8.27. The molecule has 0 aliphatic carbocycles. The van der Waals surface area contributed by atoms with Crippen LogP contribution in [0.1, 0.15) is 5.56 Å². The second-order valence-electron chi connectivity index (χ2n) is 2.29. The number of phenols is 1. The molecule has 1 rings (SSSR count). The standard InChI is InChI=1S/C9H9O2/c1-2-3-7-4-5-8(10)9(11)6-7/h2,4-6,11H,1,3H2. The van der Waals surface area contributed by atoms with E-state index in [-0.39, 0.29) is 11.5 Å². The molecular weight excluding hydrogens is 140 g/mol. The third-order valence-electron chi connectivity index (χ3n) is 1.40.